The number of hydrogen-bond acceptors (Lipinski definition) is 5. The van der Waals surface area contributed by atoms with Crippen molar-refractivity contribution in [1.29, 1.82) is 0 Å². The molecule has 0 radical (unpaired) electrons. The number of halogens is 1. The zero-order valence-corrected chi connectivity index (χ0v) is 19.0. The molecule has 1 amide bonds. The Balaban J connectivity index is 1.26. The predicted octanol–water partition coefficient (Wildman–Crippen LogP) is 4.95. The van der Waals surface area contributed by atoms with Crippen molar-refractivity contribution in [2.24, 2.45) is 0 Å². The lowest BCUT2D eigenvalue weighted by Gasteiger charge is -2.34. The molecule has 0 aliphatic carbocycles. The van der Waals surface area contributed by atoms with Crippen molar-refractivity contribution in [3.8, 4) is 11.5 Å². The predicted molar refractivity (Wildman–Crippen MR) is 124 cm³/mol. The third-order valence-electron chi connectivity index (χ3n) is 5.31. The van der Waals surface area contributed by atoms with Crippen LogP contribution in [0.15, 0.2) is 60.0 Å². The lowest BCUT2D eigenvalue weighted by molar-refractivity contribution is 0.0633. The van der Waals surface area contributed by atoms with Crippen molar-refractivity contribution in [2.45, 2.75) is 13.2 Å². The Morgan fingerprint density at radius 2 is 1.65 bits per heavy atom. The van der Waals surface area contributed by atoms with Gasteiger partial charge in [-0.2, -0.15) is 0 Å². The summed E-state index contributed by atoms with van der Waals surface area (Å²) in [6.07, 6.45) is 0. The van der Waals surface area contributed by atoms with Crippen LogP contribution in [0.2, 0.25) is 5.02 Å². The summed E-state index contributed by atoms with van der Waals surface area (Å²) in [4.78, 5) is 18.0. The van der Waals surface area contributed by atoms with E-state index in [1.807, 2.05) is 52.7 Å². The largest absolute Gasteiger partial charge is 0.497 e. The maximum atomic E-state index is 12.9. The van der Waals surface area contributed by atoms with E-state index in [1.165, 1.54) is 16.9 Å². The minimum Gasteiger partial charge on any atom is -0.497 e. The van der Waals surface area contributed by atoms with Crippen molar-refractivity contribution in [2.75, 3.05) is 33.3 Å². The van der Waals surface area contributed by atoms with Crippen LogP contribution in [0.4, 0.5) is 0 Å². The van der Waals surface area contributed by atoms with E-state index in [1.54, 1.807) is 7.11 Å². The minimum absolute atomic E-state index is 0.104. The Morgan fingerprint density at radius 3 is 2.32 bits per heavy atom. The van der Waals surface area contributed by atoms with Crippen LogP contribution in [-0.2, 0) is 13.2 Å². The fourth-order valence-electron chi connectivity index (χ4n) is 3.51. The van der Waals surface area contributed by atoms with Crippen molar-refractivity contribution in [1.82, 2.24) is 9.80 Å². The molecule has 1 aliphatic rings. The molecule has 3 aromatic rings. The molecule has 2 heterocycles. The highest BCUT2D eigenvalue weighted by Crippen LogP contribution is 2.22. The van der Waals surface area contributed by atoms with Crippen LogP contribution >= 0.6 is 22.9 Å². The zero-order chi connectivity index (χ0) is 21.6. The van der Waals surface area contributed by atoms with Gasteiger partial charge in [0.2, 0.25) is 0 Å². The summed E-state index contributed by atoms with van der Waals surface area (Å²) >= 11 is 7.44. The first kappa shape index (κ1) is 21.7. The van der Waals surface area contributed by atoms with Crippen molar-refractivity contribution >= 4 is 28.8 Å². The van der Waals surface area contributed by atoms with Gasteiger partial charge in [0.05, 0.1) is 12.0 Å². The van der Waals surface area contributed by atoms with E-state index < -0.39 is 0 Å². The molecule has 0 saturated carbocycles. The Kier molecular flexibility index (Phi) is 7.12. The third kappa shape index (κ3) is 5.79. The van der Waals surface area contributed by atoms with Crippen molar-refractivity contribution in [3.05, 3.63) is 81.0 Å². The van der Waals surface area contributed by atoms with Gasteiger partial charge in [0, 0.05) is 43.3 Å². The fraction of sp³-hybridized carbons (Fsp3) is 0.292. The molecule has 0 spiro atoms. The Labute approximate surface area is 191 Å². The van der Waals surface area contributed by atoms with E-state index in [0.29, 0.717) is 6.61 Å². The number of methoxy groups -OCH3 is 1. The van der Waals surface area contributed by atoms with Gasteiger partial charge in [0.25, 0.3) is 5.91 Å². The molecule has 7 heteroatoms. The number of ether oxygens (including phenoxy) is 2. The molecule has 5 nitrogen and oxygen atoms in total. The molecule has 1 aromatic heterocycles. The van der Waals surface area contributed by atoms with Crippen LogP contribution in [0, 0.1) is 0 Å². The summed E-state index contributed by atoms with van der Waals surface area (Å²) in [5.41, 5.74) is 2.24. The number of nitrogens with zero attached hydrogens (tertiary/aromatic N) is 2. The van der Waals surface area contributed by atoms with Gasteiger partial charge in [0.1, 0.15) is 18.1 Å². The third-order valence-corrected chi connectivity index (χ3v) is 6.53. The molecule has 2 aromatic carbocycles. The fourth-order valence-corrected chi connectivity index (χ4v) is 4.50. The van der Waals surface area contributed by atoms with Crippen molar-refractivity contribution < 1.29 is 14.3 Å². The number of piperazine rings is 1. The molecule has 31 heavy (non-hydrogen) atoms. The molecule has 0 bridgehead atoms. The van der Waals surface area contributed by atoms with Crippen LogP contribution in [0.1, 0.15) is 20.8 Å². The van der Waals surface area contributed by atoms with Gasteiger partial charge < -0.3 is 14.4 Å². The second-order valence-corrected chi connectivity index (χ2v) is 8.83. The highest BCUT2D eigenvalue weighted by atomic mass is 35.5. The van der Waals surface area contributed by atoms with Crippen LogP contribution in [-0.4, -0.2) is 49.0 Å². The summed E-state index contributed by atoms with van der Waals surface area (Å²) in [5, 5.41) is 2.75. The van der Waals surface area contributed by atoms with Gasteiger partial charge >= 0.3 is 0 Å². The zero-order valence-electron chi connectivity index (χ0n) is 17.4. The first-order valence-corrected chi connectivity index (χ1v) is 11.5. The van der Waals surface area contributed by atoms with Crippen molar-refractivity contribution in [3.63, 3.8) is 0 Å². The van der Waals surface area contributed by atoms with E-state index in [9.17, 15) is 4.79 Å². The van der Waals surface area contributed by atoms with E-state index in [4.69, 9.17) is 21.1 Å². The maximum Gasteiger partial charge on any atom is 0.264 e. The molecule has 0 N–H and O–H groups in total. The molecular weight excluding hydrogens is 432 g/mol. The average Bonchev–Trinajstić information content (AvgIpc) is 3.29. The smallest absolute Gasteiger partial charge is 0.264 e. The molecule has 1 fully saturated rings. The number of carbonyl (C=O) groups is 1. The minimum atomic E-state index is 0.104. The summed E-state index contributed by atoms with van der Waals surface area (Å²) in [6.45, 7) is 4.53. The molecular formula is C24H25ClN2O3S. The number of carbonyl (C=O) groups excluding carboxylic acids is 1. The van der Waals surface area contributed by atoms with Gasteiger partial charge in [-0.25, -0.2) is 0 Å². The standard InChI is InChI=1S/C24H25ClN2O3S/c1-29-21-6-8-22(9-7-21)30-16-19-14-23(31-17-19)24(28)27-12-10-26(11-13-27)15-18-2-4-20(25)5-3-18/h2-9,14,17H,10-13,15-16H2,1H3. The van der Waals surface area contributed by atoms with Crippen LogP contribution in [0.3, 0.4) is 0 Å². The molecule has 4 rings (SSSR count). The van der Waals surface area contributed by atoms with E-state index in [-0.39, 0.29) is 5.91 Å². The van der Waals surface area contributed by atoms with Crippen LogP contribution < -0.4 is 9.47 Å². The van der Waals surface area contributed by atoms with Gasteiger partial charge in [-0.1, -0.05) is 23.7 Å². The lowest BCUT2D eigenvalue weighted by Crippen LogP contribution is -2.48. The Hall–Kier alpha value is -2.54. The quantitative estimate of drug-likeness (QED) is 0.504. The number of thiophene rings is 1. The topological polar surface area (TPSA) is 42.0 Å². The Bertz CT molecular complexity index is 996. The first-order valence-electron chi connectivity index (χ1n) is 10.2. The second kappa shape index (κ2) is 10.2. The molecule has 0 unspecified atom stereocenters. The van der Waals surface area contributed by atoms with E-state index >= 15 is 0 Å². The molecule has 1 aliphatic heterocycles. The summed E-state index contributed by atoms with van der Waals surface area (Å²) < 4.78 is 11.0. The van der Waals surface area contributed by atoms with E-state index in [2.05, 4.69) is 17.0 Å². The van der Waals surface area contributed by atoms with E-state index in [0.717, 1.165) is 59.7 Å². The van der Waals surface area contributed by atoms with Gasteiger partial charge in [0.15, 0.2) is 0 Å². The average molecular weight is 457 g/mol. The normalized spacial score (nSPS) is 14.5. The molecule has 0 atom stereocenters. The lowest BCUT2D eigenvalue weighted by atomic mass is 10.2. The summed E-state index contributed by atoms with van der Waals surface area (Å²) in [7, 11) is 1.64. The number of hydrogen-bond donors (Lipinski definition) is 0. The Morgan fingerprint density at radius 1 is 0.968 bits per heavy atom. The summed E-state index contributed by atoms with van der Waals surface area (Å²) in [5.74, 6) is 1.67. The monoisotopic (exact) mass is 456 g/mol. The highest BCUT2D eigenvalue weighted by Gasteiger charge is 2.23. The molecule has 1 saturated heterocycles. The second-order valence-electron chi connectivity index (χ2n) is 7.48. The van der Waals surface area contributed by atoms with Gasteiger partial charge in [-0.15, -0.1) is 11.3 Å². The highest BCUT2D eigenvalue weighted by molar-refractivity contribution is 7.12. The molecule has 162 valence electrons. The van der Waals surface area contributed by atoms with Crippen LogP contribution in [0.5, 0.6) is 11.5 Å². The number of rotatable bonds is 7. The summed E-state index contributed by atoms with van der Waals surface area (Å²) in [6, 6.07) is 17.4. The maximum absolute atomic E-state index is 12.9. The van der Waals surface area contributed by atoms with Gasteiger partial charge in [-0.3, -0.25) is 9.69 Å². The number of benzene rings is 2. The SMILES string of the molecule is COc1ccc(OCc2csc(C(=O)N3CCN(Cc4ccc(Cl)cc4)CC3)c2)cc1. The van der Waals surface area contributed by atoms with Crippen LogP contribution in [0.25, 0.3) is 0 Å². The first-order chi connectivity index (χ1) is 15.1. The van der Waals surface area contributed by atoms with Gasteiger partial charge in [-0.05, 0) is 53.4 Å². The number of amides is 1.